The van der Waals surface area contributed by atoms with E-state index in [-0.39, 0.29) is 4.94 Å². The van der Waals surface area contributed by atoms with Gasteiger partial charge >= 0.3 is 4.94 Å². The van der Waals surface area contributed by atoms with Crippen LogP contribution < -0.4 is 4.94 Å². The van der Waals surface area contributed by atoms with Gasteiger partial charge in [0.05, 0.1) is 10.3 Å². The third-order valence-corrected chi connectivity index (χ3v) is 2.84. The molecule has 0 amide bonds. The zero-order valence-corrected chi connectivity index (χ0v) is 8.72. The molecule has 2 aromatic rings. The van der Waals surface area contributed by atoms with Crippen molar-refractivity contribution in [2.45, 2.75) is 19.4 Å². The summed E-state index contributed by atoms with van der Waals surface area (Å²) in [5, 5.41) is 9.74. The highest BCUT2D eigenvalue weighted by atomic mass is 32.1. The second kappa shape index (κ2) is 2.93. The molecular formula is C10H10O3S. The van der Waals surface area contributed by atoms with Crippen LogP contribution >= 0.6 is 11.3 Å². The smallest absolute Gasteiger partial charge is 0.396 e. The van der Waals surface area contributed by atoms with Crippen LogP contribution in [0.15, 0.2) is 27.4 Å². The Balaban J connectivity index is 2.67. The van der Waals surface area contributed by atoms with Crippen LogP contribution in [0.1, 0.15) is 19.4 Å². The average molecular weight is 210 g/mol. The van der Waals surface area contributed by atoms with Gasteiger partial charge in [-0.25, -0.2) is 4.79 Å². The van der Waals surface area contributed by atoms with Gasteiger partial charge < -0.3 is 9.52 Å². The molecule has 3 nitrogen and oxygen atoms in total. The molecule has 1 aromatic carbocycles. The van der Waals surface area contributed by atoms with Crippen LogP contribution in [-0.2, 0) is 5.60 Å². The van der Waals surface area contributed by atoms with Crippen molar-refractivity contribution in [3.63, 3.8) is 0 Å². The molecule has 1 aromatic heterocycles. The molecule has 4 heteroatoms. The Bertz CT molecular complexity index is 516. The fourth-order valence-corrected chi connectivity index (χ4v) is 1.90. The maximum Gasteiger partial charge on any atom is 0.396 e. The van der Waals surface area contributed by atoms with Crippen molar-refractivity contribution in [1.29, 1.82) is 0 Å². The molecule has 1 heterocycles. The molecule has 0 unspecified atom stereocenters. The molecule has 0 radical (unpaired) electrons. The van der Waals surface area contributed by atoms with Crippen molar-refractivity contribution in [2.24, 2.45) is 0 Å². The zero-order valence-electron chi connectivity index (χ0n) is 7.90. The third-order valence-electron chi connectivity index (χ3n) is 2.04. The topological polar surface area (TPSA) is 50.4 Å². The standard InChI is InChI=1S/C10H10O3S/c1-10(2,12)6-3-4-8-7(5-6)13-9(11)14-8/h3-5,12H,1-2H3. The number of rotatable bonds is 1. The van der Waals surface area contributed by atoms with Crippen molar-refractivity contribution in [3.8, 4) is 0 Å². The normalized spacial score (nSPS) is 12.2. The molecule has 0 aliphatic heterocycles. The van der Waals surface area contributed by atoms with E-state index in [9.17, 15) is 9.90 Å². The van der Waals surface area contributed by atoms with Gasteiger partial charge in [-0.1, -0.05) is 17.4 Å². The predicted octanol–water partition coefficient (Wildman–Crippen LogP) is 2.08. The Morgan fingerprint density at radius 2 is 2.14 bits per heavy atom. The third kappa shape index (κ3) is 1.58. The molecule has 0 atom stereocenters. The highest BCUT2D eigenvalue weighted by Crippen LogP contribution is 2.25. The van der Waals surface area contributed by atoms with E-state index >= 15 is 0 Å². The van der Waals surface area contributed by atoms with Crippen LogP contribution in [0, 0.1) is 0 Å². The van der Waals surface area contributed by atoms with E-state index < -0.39 is 5.60 Å². The summed E-state index contributed by atoms with van der Waals surface area (Å²) in [5.74, 6) is 0. The van der Waals surface area contributed by atoms with Gasteiger partial charge in [-0.05, 0) is 31.5 Å². The number of hydrogen-bond donors (Lipinski definition) is 1. The maximum absolute atomic E-state index is 10.9. The second-order valence-electron chi connectivity index (χ2n) is 3.67. The van der Waals surface area contributed by atoms with Crippen LogP contribution in [0.2, 0.25) is 0 Å². The van der Waals surface area contributed by atoms with Gasteiger partial charge in [-0.3, -0.25) is 0 Å². The summed E-state index contributed by atoms with van der Waals surface area (Å²) < 4.78 is 5.76. The van der Waals surface area contributed by atoms with Crippen molar-refractivity contribution in [3.05, 3.63) is 33.5 Å². The SMILES string of the molecule is CC(C)(O)c1ccc2sc(=O)oc2c1. The molecule has 14 heavy (non-hydrogen) atoms. The van der Waals surface area contributed by atoms with Gasteiger partial charge in [0, 0.05) is 0 Å². The van der Waals surface area contributed by atoms with Gasteiger partial charge in [-0.15, -0.1) is 0 Å². The molecule has 1 N–H and O–H groups in total. The first-order chi connectivity index (χ1) is 6.47. The number of hydrogen-bond acceptors (Lipinski definition) is 4. The van der Waals surface area contributed by atoms with E-state index in [1.54, 1.807) is 32.0 Å². The summed E-state index contributed by atoms with van der Waals surface area (Å²) in [6.45, 7) is 3.39. The number of benzene rings is 1. The Morgan fingerprint density at radius 1 is 1.43 bits per heavy atom. The maximum atomic E-state index is 10.9. The van der Waals surface area contributed by atoms with E-state index in [4.69, 9.17) is 4.42 Å². The van der Waals surface area contributed by atoms with Crippen molar-refractivity contribution >= 4 is 21.6 Å². The molecule has 0 bridgehead atoms. The molecule has 0 aliphatic carbocycles. The first-order valence-electron chi connectivity index (χ1n) is 4.23. The van der Waals surface area contributed by atoms with Crippen LogP contribution in [0.5, 0.6) is 0 Å². The lowest BCUT2D eigenvalue weighted by Crippen LogP contribution is -2.14. The monoisotopic (exact) mass is 210 g/mol. The second-order valence-corrected chi connectivity index (χ2v) is 4.65. The van der Waals surface area contributed by atoms with Crippen LogP contribution in [0.3, 0.4) is 0 Å². The lowest BCUT2D eigenvalue weighted by atomic mass is 9.99. The first kappa shape index (κ1) is 9.43. The van der Waals surface area contributed by atoms with Crippen molar-refractivity contribution in [2.75, 3.05) is 0 Å². The minimum atomic E-state index is -0.908. The summed E-state index contributed by atoms with van der Waals surface area (Å²) in [5.41, 5.74) is 0.375. The Hall–Kier alpha value is -1.13. The Labute approximate surface area is 84.6 Å². The fourth-order valence-electron chi connectivity index (χ4n) is 1.25. The number of aliphatic hydroxyl groups is 1. The van der Waals surface area contributed by atoms with E-state index in [0.717, 1.165) is 21.6 Å². The molecule has 74 valence electrons. The molecule has 0 spiro atoms. The highest BCUT2D eigenvalue weighted by molar-refractivity contribution is 7.16. The fraction of sp³-hybridized carbons (Fsp3) is 0.300. The summed E-state index contributed by atoms with van der Waals surface area (Å²) in [6, 6.07) is 5.29. The summed E-state index contributed by atoms with van der Waals surface area (Å²) in [4.78, 5) is 10.6. The van der Waals surface area contributed by atoms with E-state index in [2.05, 4.69) is 0 Å². The number of fused-ring (bicyclic) bond motifs is 1. The summed E-state index contributed by atoms with van der Waals surface area (Å²) in [7, 11) is 0. The summed E-state index contributed by atoms with van der Waals surface area (Å²) in [6.07, 6.45) is 0. The molecule has 2 rings (SSSR count). The van der Waals surface area contributed by atoms with Gasteiger partial charge in [0.2, 0.25) is 0 Å². The molecule has 0 saturated carbocycles. The van der Waals surface area contributed by atoms with Crippen LogP contribution in [-0.4, -0.2) is 5.11 Å². The van der Waals surface area contributed by atoms with E-state index in [1.165, 1.54) is 0 Å². The van der Waals surface area contributed by atoms with Gasteiger partial charge in [0.25, 0.3) is 0 Å². The quantitative estimate of drug-likeness (QED) is 0.784. The lowest BCUT2D eigenvalue weighted by molar-refractivity contribution is 0.0786. The molecule has 0 saturated heterocycles. The lowest BCUT2D eigenvalue weighted by Gasteiger charge is -2.16. The van der Waals surface area contributed by atoms with E-state index in [0.29, 0.717) is 5.58 Å². The minimum absolute atomic E-state index is 0.312. The Morgan fingerprint density at radius 3 is 2.79 bits per heavy atom. The van der Waals surface area contributed by atoms with Gasteiger partial charge in [-0.2, -0.15) is 0 Å². The summed E-state index contributed by atoms with van der Waals surface area (Å²) >= 11 is 1.07. The predicted molar refractivity (Wildman–Crippen MR) is 55.6 cm³/mol. The van der Waals surface area contributed by atoms with Crippen LogP contribution in [0.4, 0.5) is 0 Å². The Kier molecular flexibility index (Phi) is 1.97. The largest absolute Gasteiger partial charge is 0.414 e. The molecular weight excluding hydrogens is 200 g/mol. The highest BCUT2D eigenvalue weighted by Gasteiger charge is 2.17. The first-order valence-corrected chi connectivity index (χ1v) is 5.05. The van der Waals surface area contributed by atoms with E-state index in [1.807, 2.05) is 0 Å². The average Bonchev–Trinajstić information content (AvgIpc) is 2.41. The van der Waals surface area contributed by atoms with Crippen molar-refractivity contribution in [1.82, 2.24) is 0 Å². The molecule has 0 aliphatic rings. The van der Waals surface area contributed by atoms with Gasteiger partial charge in [0.1, 0.15) is 5.58 Å². The zero-order chi connectivity index (χ0) is 10.3. The minimum Gasteiger partial charge on any atom is -0.414 e. The van der Waals surface area contributed by atoms with Crippen LogP contribution in [0.25, 0.3) is 10.3 Å². The van der Waals surface area contributed by atoms with Gasteiger partial charge in [0.15, 0.2) is 0 Å². The van der Waals surface area contributed by atoms with Crippen molar-refractivity contribution < 1.29 is 9.52 Å². The molecule has 0 fully saturated rings.